The summed E-state index contributed by atoms with van der Waals surface area (Å²) in [7, 11) is 0. The average Bonchev–Trinajstić information content (AvgIpc) is 3.40. The molecule has 7 heteroatoms. The zero-order valence-electron chi connectivity index (χ0n) is 15.4. The first kappa shape index (κ1) is 17.7. The fraction of sp³-hybridized carbons (Fsp3) is 0.500. The smallest absolute Gasteiger partial charge is 0.271 e. The molecule has 1 atom stereocenters. The van der Waals surface area contributed by atoms with E-state index in [1.807, 2.05) is 12.1 Å². The van der Waals surface area contributed by atoms with Crippen LogP contribution in [0.1, 0.15) is 49.0 Å². The Morgan fingerprint density at radius 3 is 2.81 bits per heavy atom. The number of pyridine rings is 1. The van der Waals surface area contributed by atoms with E-state index in [-0.39, 0.29) is 17.7 Å². The van der Waals surface area contributed by atoms with Crippen molar-refractivity contribution in [3.63, 3.8) is 0 Å². The number of amides is 2. The van der Waals surface area contributed by atoms with Crippen LogP contribution in [0, 0.1) is 5.92 Å². The molecule has 0 aromatic carbocycles. The minimum atomic E-state index is -0.121. The number of aromatic amines is 1. The maximum absolute atomic E-state index is 12.9. The van der Waals surface area contributed by atoms with Crippen LogP contribution in [-0.2, 0) is 4.79 Å². The summed E-state index contributed by atoms with van der Waals surface area (Å²) in [4.78, 5) is 31.3. The topological polar surface area (TPSA) is 91.0 Å². The third-order valence-electron chi connectivity index (χ3n) is 5.55. The van der Waals surface area contributed by atoms with Crippen molar-refractivity contribution in [1.29, 1.82) is 0 Å². The van der Waals surface area contributed by atoms with E-state index in [1.54, 1.807) is 23.4 Å². The van der Waals surface area contributed by atoms with Gasteiger partial charge in [-0.25, -0.2) is 0 Å². The van der Waals surface area contributed by atoms with E-state index < -0.39 is 0 Å². The molecule has 2 fully saturated rings. The third kappa shape index (κ3) is 4.02. The normalized spacial score (nSPS) is 20.6. The van der Waals surface area contributed by atoms with Gasteiger partial charge in [0.25, 0.3) is 5.91 Å². The van der Waals surface area contributed by atoms with Gasteiger partial charge in [-0.1, -0.05) is 12.8 Å². The molecule has 2 amide bonds. The Hall–Kier alpha value is -2.70. The number of H-pyrrole nitrogens is 1. The van der Waals surface area contributed by atoms with Crippen LogP contribution < -0.4 is 5.32 Å². The highest BCUT2D eigenvalue weighted by Crippen LogP contribution is 2.23. The maximum Gasteiger partial charge on any atom is 0.271 e. The van der Waals surface area contributed by atoms with Gasteiger partial charge in [0.05, 0.1) is 11.6 Å². The lowest BCUT2D eigenvalue weighted by Crippen LogP contribution is -2.47. The van der Waals surface area contributed by atoms with Gasteiger partial charge in [0.15, 0.2) is 0 Å². The molecule has 2 N–H and O–H groups in total. The van der Waals surface area contributed by atoms with E-state index >= 15 is 0 Å². The molecule has 2 aromatic heterocycles. The van der Waals surface area contributed by atoms with Crippen molar-refractivity contribution in [3.8, 4) is 11.3 Å². The number of piperidine rings is 1. The summed E-state index contributed by atoms with van der Waals surface area (Å²) in [5.41, 5.74) is 2.00. The summed E-state index contributed by atoms with van der Waals surface area (Å²) in [5, 5.41) is 10.2. The molecule has 27 heavy (non-hydrogen) atoms. The first-order valence-corrected chi connectivity index (χ1v) is 9.76. The fourth-order valence-corrected chi connectivity index (χ4v) is 4.03. The van der Waals surface area contributed by atoms with Gasteiger partial charge in [-0.15, -0.1) is 0 Å². The predicted molar refractivity (Wildman–Crippen MR) is 101 cm³/mol. The number of aromatic nitrogens is 3. The molecule has 3 heterocycles. The average molecular weight is 367 g/mol. The molecule has 1 aliphatic heterocycles. The van der Waals surface area contributed by atoms with Crippen molar-refractivity contribution < 1.29 is 9.59 Å². The zero-order valence-corrected chi connectivity index (χ0v) is 15.4. The van der Waals surface area contributed by atoms with Gasteiger partial charge in [0.2, 0.25) is 5.91 Å². The van der Waals surface area contributed by atoms with Crippen molar-refractivity contribution in [3.05, 3.63) is 36.3 Å². The van der Waals surface area contributed by atoms with E-state index in [0.717, 1.165) is 31.2 Å². The van der Waals surface area contributed by atoms with Crippen molar-refractivity contribution in [2.24, 2.45) is 5.92 Å². The Bertz CT molecular complexity index is 798. The Labute approximate surface area is 158 Å². The summed E-state index contributed by atoms with van der Waals surface area (Å²) in [6, 6.07) is 5.81. The van der Waals surface area contributed by atoms with Gasteiger partial charge >= 0.3 is 0 Å². The second-order valence-corrected chi connectivity index (χ2v) is 7.49. The number of carbonyl (C=O) groups excluding carboxylic acids is 2. The zero-order chi connectivity index (χ0) is 18.6. The molecule has 0 spiro atoms. The molecule has 0 radical (unpaired) electrons. The molecular formula is C20H25N5O2. The number of carbonyl (C=O) groups is 2. The highest BCUT2D eigenvalue weighted by molar-refractivity contribution is 5.94. The van der Waals surface area contributed by atoms with E-state index in [2.05, 4.69) is 20.5 Å². The van der Waals surface area contributed by atoms with Gasteiger partial charge in [0.1, 0.15) is 5.69 Å². The summed E-state index contributed by atoms with van der Waals surface area (Å²) in [5.74, 6) is -0.125. The fourth-order valence-electron chi connectivity index (χ4n) is 4.03. The molecule has 1 saturated heterocycles. The van der Waals surface area contributed by atoms with Gasteiger partial charge < -0.3 is 10.2 Å². The van der Waals surface area contributed by atoms with Crippen LogP contribution in [0.4, 0.5) is 0 Å². The van der Waals surface area contributed by atoms with Crippen molar-refractivity contribution in [1.82, 2.24) is 25.4 Å². The highest BCUT2D eigenvalue weighted by atomic mass is 16.2. The molecule has 2 aromatic rings. The number of hydrogen-bond donors (Lipinski definition) is 2. The van der Waals surface area contributed by atoms with Crippen LogP contribution in [0.15, 0.2) is 30.6 Å². The predicted octanol–water partition coefficient (Wildman–Crippen LogP) is 2.38. The van der Waals surface area contributed by atoms with Crippen LogP contribution in [0.2, 0.25) is 0 Å². The largest absolute Gasteiger partial charge is 0.353 e. The molecule has 4 rings (SSSR count). The molecule has 0 bridgehead atoms. The molecule has 142 valence electrons. The standard InChI is InChI=1S/C20H25N5O2/c26-19(22-16-7-1-2-8-16)15-6-4-10-25(13-15)20(27)18-11-17(23-24-18)14-5-3-9-21-12-14/h3,5,9,11-12,15-16H,1-2,4,6-8,10,13H2,(H,22,26)(H,23,24)/t15-/m0/s1. The van der Waals surface area contributed by atoms with Crippen LogP contribution in [0.25, 0.3) is 11.3 Å². The van der Waals surface area contributed by atoms with Crippen LogP contribution in [-0.4, -0.2) is 51.0 Å². The summed E-state index contributed by atoms with van der Waals surface area (Å²) >= 11 is 0. The van der Waals surface area contributed by atoms with Crippen molar-refractivity contribution >= 4 is 11.8 Å². The van der Waals surface area contributed by atoms with E-state index in [4.69, 9.17) is 0 Å². The lowest BCUT2D eigenvalue weighted by Gasteiger charge is -2.32. The highest BCUT2D eigenvalue weighted by Gasteiger charge is 2.31. The maximum atomic E-state index is 12.9. The molecule has 2 aliphatic rings. The monoisotopic (exact) mass is 367 g/mol. The molecule has 0 unspecified atom stereocenters. The lowest BCUT2D eigenvalue weighted by atomic mass is 9.96. The van der Waals surface area contributed by atoms with Gasteiger partial charge in [-0.3, -0.25) is 19.7 Å². The first-order chi connectivity index (χ1) is 13.2. The van der Waals surface area contributed by atoms with Gasteiger partial charge in [-0.2, -0.15) is 5.10 Å². The van der Waals surface area contributed by atoms with Crippen LogP contribution in [0.5, 0.6) is 0 Å². The van der Waals surface area contributed by atoms with Crippen LogP contribution in [0.3, 0.4) is 0 Å². The molecular weight excluding hydrogens is 342 g/mol. The number of nitrogens with one attached hydrogen (secondary N) is 2. The van der Waals surface area contributed by atoms with E-state index in [9.17, 15) is 9.59 Å². The number of rotatable bonds is 4. The Morgan fingerprint density at radius 2 is 2.04 bits per heavy atom. The van der Waals surface area contributed by atoms with E-state index in [0.29, 0.717) is 30.5 Å². The van der Waals surface area contributed by atoms with Gasteiger partial charge in [-0.05, 0) is 43.9 Å². The third-order valence-corrected chi connectivity index (χ3v) is 5.55. The SMILES string of the molecule is O=C(NC1CCCC1)[C@H]1CCCN(C(=O)c2cc(-c3cccnc3)n[nH]2)C1. The second-order valence-electron chi connectivity index (χ2n) is 7.49. The molecule has 1 saturated carbocycles. The van der Waals surface area contributed by atoms with Crippen molar-refractivity contribution in [2.45, 2.75) is 44.6 Å². The summed E-state index contributed by atoms with van der Waals surface area (Å²) in [6.07, 6.45) is 9.64. The minimum Gasteiger partial charge on any atom is -0.353 e. The number of nitrogens with zero attached hydrogens (tertiary/aromatic N) is 3. The van der Waals surface area contributed by atoms with Crippen LogP contribution >= 0.6 is 0 Å². The summed E-state index contributed by atoms with van der Waals surface area (Å²) < 4.78 is 0. The summed E-state index contributed by atoms with van der Waals surface area (Å²) in [6.45, 7) is 1.14. The number of hydrogen-bond acceptors (Lipinski definition) is 4. The van der Waals surface area contributed by atoms with Crippen molar-refractivity contribution in [2.75, 3.05) is 13.1 Å². The Morgan fingerprint density at radius 1 is 1.19 bits per heavy atom. The number of likely N-dealkylation sites (tertiary alicyclic amines) is 1. The van der Waals surface area contributed by atoms with E-state index in [1.165, 1.54) is 12.8 Å². The first-order valence-electron chi connectivity index (χ1n) is 9.76. The molecule has 7 nitrogen and oxygen atoms in total. The molecule has 1 aliphatic carbocycles. The lowest BCUT2D eigenvalue weighted by molar-refractivity contribution is -0.127. The van der Waals surface area contributed by atoms with Gasteiger partial charge in [0, 0.05) is 37.1 Å². The second kappa shape index (κ2) is 7.90. The Balaban J connectivity index is 1.40. The quantitative estimate of drug-likeness (QED) is 0.868. The Kier molecular flexibility index (Phi) is 5.18. The minimum absolute atomic E-state index is 0.0973.